The maximum Gasteiger partial charge on any atom is 0.233 e. The lowest BCUT2D eigenvalue weighted by atomic mass is 10.2. The van der Waals surface area contributed by atoms with E-state index >= 15 is 0 Å². The molecule has 6 heteroatoms. The number of sulfonamides is 1. The van der Waals surface area contributed by atoms with Crippen LogP contribution in [-0.2, 0) is 14.8 Å². The molecule has 0 saturated carbocycles. The number of hydrogen-bond donors (Lipinski definition) is 1. The predicted octanol–water partition coefficient (Wildman–Crippen LogP) is 2.08. The molecule has 0 aliphatic carbocycles. The van der Waals surface area contributed by atoms with Gasteiger partial charge in [0.15, 0.2) is 0 Å². The zero-order valence-corrected chi connectivity index (χ0v) is 14.6. The number of benzene rings is 1. The molecule has 1 N–H and O–H groups in total. The first-order valence-corrected chi connectivity index (χ1v) is 9.59. The van der Waals surface area contributed by atoms with Crippen LogP contribution in [0, 0.1) is 0 Å². The minimum atomic E-state index is -3.41. The van der Waals surface area contributed by atoms with E-state index in [-0.39, 0.29) is 6.10 Å². The van der Waals surface area contributed by atoms with Crippen LogP contribution in [0.15, 0.2) is 35.7 Å². The van der Waals surface area contributed by atoms with Crippen LogP contribution in [0.4, 0.5) is 0 Å². The van der Waals surface area contributed by atoms with Gasteiger partial charge in [0.1, 0.15) is 0 Å². The van der Waals surface area contributed by atoms with Gasteiger partial charge < -0.3 is 4.74 Å². The second kappa shape index (κ2) is 8.59. The number of morpholine rings is 1. The third-order valence-corrected chi connectivity index (χ3v) is 5.01. The van der Waals surface area contributed by atoms with E-state index < -0.39 is 10.0 Å². The van der Waals surface area contributed by atoms with Crippen LogP contribution < -0.4 is 4.72 Å². The number of nitrogens with zero attached hydrogens (tertiary/aromatic N) is 1. The second-order valence-corrected chi connectivity index (χ2v) is 7.67. The fourth-order valence-electron chi connectivity index (χ4n) is 2.53. The Hall–Kier alpha value is -1.21. The molecule has 1 aliphatic heterocycles. The lowest BCUT2D eigenvalue weighted by Gasteiger charge is -2.35. The summed E-state index contributed by atoms with van der Waals surface area (Å²) in [6, 6.07) is 9.87. The summed E-state index contributed by atoms with van der Waals surface area (Å²) in [5, 5.41) is 1.21. The van der Waals surface area contributed by atoms with Gasteiger partial charge in [0.2, 0.25) is 10.0 Å². The molecule has 1 aliphatic rings. The number of ether oxygens (including phenoxy) is 1. The largest absolute Gasteiger partial charge is 0.376 e. The molecule has 1 fully saturated rings. The highest BCUT2D eigenvalue weighted by Gasteiger charge is 2.22. The molecule has 1 saturated heterocycles. The van der Waals surface area contributed by atoms with Crippen LogP contribution in [-0.4, -0.2) is 51.7 Å². The van der Waals surface area contributed by atoms with E-state index in [4.69, 9.17) is 4.74 Å². The van der Waals surface area contributed by atoms with E-state index in [1.807, 2.05) is 30.3 Å². The van der Waals surface area contributed by atoms with Crippen molar-refractivity contribution in [2.75, 3.05) is 26.2 Å². The third-order valence-electron chi connectivity index (χ3n) is 3.91. The molecular weight excluding hydrogens is 312 g/mol. The first-order chi connectivity index (χ1) is 11.0. The predicted molar refractivity (Wildman–Crippen MR) is 93.5 cm³/mol. The van der Waals surface area contributed by atoms with E-state index in [2.05, 4.69) is 23.5 Å². The molecule has 128 valence electrons. The molecule has 5 nitrogen and oxygen atoms in total. The van der Waals surface area contributed by atoms with E-state index in [0.717, 1.165) is 18.7 Å². The third kappa shape index (κ3) is 6.43. The van der Waals surface area contributed by atoms with Crippen molar-refractivity contribution in [1.82, 2.24) is 9.62 Å². The van der Waals surface area contributed by atoms with Gasteiger partial charge in [-0.05, 0) is 31.9 Å². The summed E-state index contributed by atoms with van der Waals surface area (Å²) in [5.41, 5.74) is 0.862. The fraction of sp³-hybridized carbons (Fsp3) is 0.529. The lowest BCUT2D eigenvalue weighted by molar-refractivity contribution is -0.0409. The van der Waals surface area contributed by atoms with Gasteiger partial charge in [-0.3, -0.25) is 4.90 Å². The van der Waals surface area contributed by atoms with Gasteiger partial charge in [0.05, 0.1) is 12.7 Å². The van der Waals surface area contributed by atoms with Crippen molar-refractivity contribution in [1.29, 1.82) is 0 Å². The molecule has 2 rings (SSSR count). The van der Waals surface area contributed by atoms with Crippen molar-refractivity contribution in [3.8, 4) is 0 Å². The van der Waals surface area contributed by atoms with E-state index in [9.17, 15) is 8.42 Å². The van der Waals surface area contributed by atoms with Crippen molar-refractivity contribution >= 4 is 16.1 Å². The molecule has 0 amide bonds. The van der Waals surface area contributed by atoms with Gasteiger partial charge in [0.25, 0.3) is 0 Å². The number of hydrogen-bond acceptors (Lipinski definition) is 4. The zero-order valence-electron chi connectivity index (χ0n) is 13.8. The van der Waals surface area contributed by atoms with Crippen LogP contribution in [0.25, 0.3) is 6.08 Å². The SMILES string of the molecule is CC(C)N1CCOC(CCNS(=O)(=O)/C=C/c2ccccc2)C1. The molecule has 1 aromatic carbocycles. The molecular formula is C17H26N2O3S. The van der Waals surface area contributed by atoms with E-state index in [1.165, 1.54) is 5.41 Å². The first kappa shape index (κ1) is 18.1. The average Bonchev–Trinajstić information content (AvgIpc) is 2.54. The zero-order chi connectivity index (χ0) is 16.7. The van der Waals surface area contributed by atoms with Gasteiger partial charge in [-0.25, -0.2) is 13.1 Å². The summed E-state index contributed by atoms with van der Waals surface area (Å²) in [4.78, 5) is 2.36. The highest BCUT2D eigenvalue weighted by atomic mass is 32.2. The van der Waals surface area contributed by atoms with Crippen LogP contribution in [0.1, 0.15) is 25.8 Å². The summed E-state index contributed by atoms with van der Waals surface area (Å²) in [6.07, 6.45) is 2.37. The fourth-order valence-corrected chi connectivity index (χ4v) is 3.36. The summed E-state index contributed by atoms with van der Waals surface area (Å²) in [7, 11) is -3.41. The molecule has 0 aromatic heterocycles. The summed E-state index contributed by atoms with van der Waals surface area (Å²) in [6.45, 7) is 7.24. The van der Waals surface area contributed by atoms with E-state index in [1.54, 1.807) is 6.08 Å². The Morgan fingerprint density at radius 2 is 2.09 bits per heavy atom. The second-order valence-electron chi connectivity index (χ2n) is 6.02. The molecule has 1 atom stereocenters. The Morgan fingerprint density at radius 3 is 2.78 bits per heavy atom. The Kier molecular flexibility index (Phi) is 6.77. The van der Waals surface area contributed by atoms with Gasteiger partial charge in [-0.1, -0.05) is 30.3 Å². The number of nitrogens with one attached hydrogen (secondary N) is 1. The van der Waals surface area contributed by atoms with Gasteiger partial charge in [-0.15, -0.1) is 0 Å². The summed E-state index contributed by atoms with van der Waals surface area (Å²) in [5.74, 6) is 0. The van der Waals surface area contributed by atoms with Crippen LogP contribution >= 0.6 is 0 Å². The Bertz CT molecular complexity index is 600. The van der Waals surface area contributed by atoms with Crippen LogP contribution in [0.5, 0.6) is 0 Å². The molecule has 1 heterocycles. The molecule has 1 unspecified atom stereocenters. The quantitative estimate of drug-likeness (QED) is 0.827. The summed E-state index contributed by atoms with van der Waals surface area (Å²) < 4.78 is 32.3. The van der Waals surface area contributed by atoms with Crippen LogP contribution in [0.2, 0.25) is 0 Å². The average molecular weight is 338 g/mol. The first-order valence-electron chi connectivity index (χ1n) is 8.05. The molecule has 0 bridgehead atoms. The van der Waals surface area contributed by atoms with Crippen molar-refractivity contribution in [2.45, 2.75) is 32.4 Å². The van der Waals surface area contributed by atoms with Gasteiger partial charge >= 0.3 is 0 Å². The highest BCUT2D eigenvalue weighted by Crippen LogP contribution is 2.11. The van der Waals surface area contributed by atoms with Gasteiger partial charge in [-0.2, -0.15) is 0 Å². The summed E-state index contributed by atoms with van der Waals surface area (Å²) >= 11 is 0. The maximum absolute atomic E-state index is 12.0. The molecule has 0 spiro atoms. The van der Waals surface area contributed by atoms with Crippen molar-refractivity contribution < 1.29 is 13.2 Å². The highest BCUT2D eigenvalue weighted by molar-refractivity contribution is 7.92. The minimum absolute atomic E-state index is 0.0898. The van der Waals surface area contributed by atoms with E-state index in [0.29, 0.717) is 25.6 Å². The van der Waals surface area contributed by atoms with Crippen molar-refractivity contribution in [3.05, 3.63) is 41.3 Å². The minimum Gasteiger partial charge on any atom is -0.376 e. The van der Waals surface area contributed by atoms with Gasteiger partial charge in [0, 0.05) is 31.1 Å². The molecule has 1 aromatic rings. The normalized spacial score (nSPS) is 20.4. The smallest absolute Gasteiger partial charge is 0.233 e. The van der Waals surface area contributed by atoms with Crippen molar-refractivity contribution in [2.24, 2.45) is 0 Å². The Morgan fingerprint density at radius 1 is 1.35 bits per heavy atom. The van der Waals surface area contributed by atoms with Crippen molar-refractivity contribution in [3.63, 3.8) is 0 Å². The standard InChI is InChI=1S/C17H26N2O3S/c1-15(2)19-11-12-22-17(14-19)8-10-18-23(20,21)13-9-16-6-4-3-5-7-16/h3-7,9,13,15,17-18H,8,10-12,14H2,1-2H3/b13-9+. The maximum atomic E-state index is 12.0. The lowest BCUT2D eigenvalue weighted by Crippen LogP contribution is -2.46. The Labute approximate surface area is 139 Å². The topological polar surface area (TPSA) is 58.6 Å². The van der Waals surface area contributed by atoms with Crippen LogP contribution in [0.3, 0.4) is 0 Å². The Balaban J connectivity index is 1.77. The number of rotatable bonds is 7. The molecule has 23 heavy (non-hydrogen) atoms. The monoisotopic (exact) mass is 338 g/mol. The molecule has 0 radical (unpaired) electrons.